The number of imidazole rings is 1. The molecule has 126 valence electrons. The molecule has 0 fully saturated rings. The van der Waals surface area contributed by atoms with Crippen molar-refractivity contribution in [3.8, 4) is 0 Å². The second-order valence-electron chi connectivity index (χ2n) is 5.56. The number of aryl methyl sites for hydroxylation is 1. The summed E-state index contributed by atoms with van der Waals surface area (Å²) in [5.41, 5.74) is 1.35. The van der Waals surface area contributed by atoms with Gasteiger partial charge in [-0.2, -0.15) is 0 Å². The fourth-order valence-corrected chi connectivity index (χ4v) is 3.45. The van der Waals surface area contributed by atoms with Gasteiger partial charge in [0.2, 0.25) is 5.95 Å². The van der Waals surface area contributed by atoms with E-state index in [1.807, 2.05) is 28.8 Å². The molecular formula is C17H15N5O2S. The molecule has 1 aromatic carbocycles. The van der Waals surface area contributed by atoms with Crippen LogP contribution in [0.3, 0.4) is 0 Å². The van der Waals surface area contributed by atoms with E-state index in [-0.39, 0.29) is 11.1 Å². The number of aromatic nitrogens is 4. The van der Waals surface area contributed by atoms with Gasteiger partial charge in [-0.3, -0.25) is 19.3 Å². The van der Waals surface area contributed by atoms with Crippen molar-refractivity contribution in [1.29, 1.82) is 0 Å². The van der Waals surface area contributed by atoms with E-state index in [4.69, 9.17) is 0 Å². The Morgan fingerprint density at radius 2 is 2.16 bits per heavy atom. The van der Waals surface area contributed by atoms with E-state index in [0.717, 1.165) is 24.0 Å². The van der Waals surface area contributed by atoms with Crippen LogP contribution in [0.1, 0.15) is 23.7 Å². The van der Waals surface area contributed by atoms with Crippen LogP contribution in [0.15, 0.2) is 46.8 Å². The highest BCUT2D eigenvalue weighted by molar-refractivity contribution is 7.15. The Kier molecular flexibility index (Phi) is 3.81. The molecule has 4 rings (SSSR count). The zero-order chi connectivity index (χ0) is 17.4. The van der Waals surface area contributed by atoms with Crippen LogP contribution in [0.5, 0.6) is 0 Å². The van der Waals surface area contributed by atoms with E-state index in [0.29, 0.717) is 10.9 Å². The van der Waals surface area contributed by atoms with E-state index in [2.05, 4.69) is 22.2 Å². The molecule has 0 aliphatic rings. The molecule has 0 spiro atoms. The normalized spacial score (nSPS) is 11.2. The SMILES string of the molecule is CCCn1c(NC(=O)c2cnc3sccn3c2=O)nc2ccccc21. The Hall–Kier alpha value is -3.00. The first-order valence-electron chi connectivity index (χ1n) is 7.90. The maximum absolute atomic E-state index is 12.6. The lowest BCUT2D eigenvalue weighted by Crippen LogP contribution is -2.26. The van der Waals surface area contributed by atoms with Crippen molar-refractivity contribution in [1.82, 2.24) is 18.9 Å². The third-order valence-electron chi connectivity index (χ3n) is 3.91. The lowest BCUT2D eigenvalue weighted by molar-refractivity contribution is 0.102. The maximum Gasteiger partial charge on any atom is 0.271 e. The van der Waals surface area contributed by atoms with E-state index >= 15 is 0 Å². The van der Waals surface area contributed by atoms with Gasteiger partial charge in [0.15, 0.2) is 4.96 Å². The van der Waals surface area contributed by atoms with Gasteiger partial charge in [-0.1, -0.05) is 19.1 Å². The molecule has 3 heterocycles. The van der Waals surface area contributed by atoms with Gasteiger partial charge in [0, 0.05) is 24.3 Å². The fourth-order valence-electron chi connectivity index (χ4n) is 2.77. The number of benzene rings is 1. The minimum atomic E-state index is -0.509. The van der Waals surface area contributed by atoms with Crippen molar-refractivity contribution in [2.45, 2.75) is 19.9 Å². The zero-order valence-corrected chi connectivity index (χ0v) is 14.3. The van der Waals surface area contributed by atoms with E-state index in [1.54, 1.807) is 11.6 Å². The summed E-state index contributed by atoms with van der Waals surface area (Å²) in [4.78, 5) is 34.3. The molecule has 1 N–H and O–H groups in total. The molecule has 3 aromatic heterocycles. The molecule has 0 aliphatic heterocycles. The number of para-hydroxylation sites is 2. The van der Waals surface area contributed by atoms with Gasteiger partial charge in [0.25, 0.3) is 11.5 Å². The third-order valence-corrected chi connectivity index (χ3v) is 4.69. The van der Waals surface area contributed by atoms with Crippen LogP contribution < -0.4 is 10.9 Å². The maximum atomic E-state index is 12.6. The Labute approximate surface area is 146 Å². The molecule has 0 saturated heterocycles. The molecule has 0 saturated carbocycles. The minimum Gasteiger partial charge on any atom is -0.310 e. The van der Waals surface area contributed by atoms with Crippen molar-refractivity contribution in [3.05, 3.63) is 58.0 Å². The summed E-state index contributed by atoms with van der Waals surface area (Å²) in [7, 11) is 0. The Bertz CT molecular complexity index is 1140. The summed E-state index contributed by atoms with van der Waals surface area (Å²) in [6, 6.07) is 7.69. The van der Waals surface area contributed by atoms with Crippen LogP contribution >= 0.6 is 11.3 Å². The number of carbonyl (C=O) groups is 1. The molecule has 0 radical (unpaired) electrons. The van der Waals surface area contributed by atoms with Crippen molar-refractivity contribution in [2.24, 2.45) is 0 Å². The van der Waals surface area contributed by atoms with Crippen molar-refractivity contribution in [3.63, 3.8) is 0 Å². The molecule has 0 aliphatic carbocycles. The largest absolute Gasteiger partial charge is 0.310 e. The highest BCUT2D eigenvalue weighted by Crippen LogP contribution is 2.20. The molecule has 0 bridgehead atoms. The van der Waals surface area contributed by atoms with Gasteiger partial charge in [0.05, 0.1) is 11.0 Å². The molecule has 25 heavy (non-hydrogen) atoms. The van der Waals surface area contributed by atoms with Crippen molar-refractivity contribution < 1.29 is 4.79 Å². The summed E-state index contributed by atoms with van der Waals surface area (Å²) in [5, 5.41) is 4.52. The van der Waals surface area contributed by atoms with Crippen LogP contribution in [0, 0.1) is 0 Å². The number of fused-ring (bicyclic) bond motifs is 2. The second kappa shape index (κ2) is 6.14. The van der Waals surface area contributed by atoms with Gasteiger partial charge in [-0.25, -0.2) is 9.97 Å². The first-order valence-corrected chi connectivity index (χ1v) is 8.78. The molecule has 7 nitrogen and oxygen atoms in total. The first-order chi connectivity index (χ1) is 12.2. The summed E-state index contributed by atoms with van der Waals surface area (Å²) >= 11 is 1.34. The van der Waals surface area contributed by atoms with Crippen LogP contribution in [0.25, 0.3) is 16.0 Å². The number of hydrogen-bond donors (Lipinski definition) is 1. The van der Waals surface area contributed by atoms with Crippen LogP contribution in [0.4, 0.5) is 5.95 Å². The molecule has 0 unspecified atom stereocenters. The summed E-state index contributed by atoms with van der Waals surface area (Å²) in [5.74, 6) is -0.0753. The third kappa shape index (κ3) is 2.60. The van der Waals surface area contributed by atoms with Crippen LogP contribution in [-0.2, 0) is 6.54 Å². The lowest BCUT2D eigenvalue weighted by atomic mass is 10.3. The van der Waals surface area contributed by atoms with Gasteiger partial charge < -0.3 is 4.57 Å². The summed E-state index contributed by atoms with van der Waals surface area (Å²) in [6.45, 7) is 2.78. The van der Waals surface area contributed by atoms with Gasteiger partial charge in [-0.05, 0) is 18.6 Å². The zero-order valence-electron chi connectivity index (χ0n) is 13.5. The van der Waals surface area contributed by atoms with E-state index < -0.39 is 5.91 Å². The average Bonchev–Trinajstić information content (AvgIpc) is 3.21. The highest BCUT2D eigenvalue weighted by atomic mass is 32.1. The van der Waals surface area contributed by atoms with E-state index in [1.165, 1.54) is 21.9 Å². The molecule has 0 atom stereocenters. The number of nitrogens with one attached hydrogen (secondary N) is 1. The highest BCUT2D eigenvalue weighted by Gasteiger charge is 2.17. The number of hydrogen-bond acceptors (Lipinski definition) is 5. The molecular weight excluding hydrogens is 338 g/mol. The minimum absolute atomic E-state index is 0.00833. The Morgan fingerprint density at radius 3 is 3.00 bits per heavy atom. The number of rotatable bonds is 4. The van der Waals surface area contributed by atoms with Crippen molar-refractivity contribution in [2.75, 3.05) is 5.32 Å². The number of thiazole rings is 1. The number of amides is 1. The number of nitrogens with zero attached hydrogens (tertiary/aromatic N) is 4. The van der Waals surface area contributed by atoms with Gasteiger partial charge in [-0.15, -0.1) is 11.3 Å². The lowest BCUT2D eigenvalue weighted by Gasteiger charge is -2.08. The van der Waals surface area contributed by atoms with Gasteiger partial charge in [0.1, 0.15) is 5.56 Å². The van der Waals surface area contributed by atoms with E-state index in [9.17, 15) is 9.59 Å². The second-order valence-corrected chi connectivity index (χ2v) is 6.44. The predicted molar refractivity (Wildman–Crippen MR) is 97.3 cm³/mol. The quantitative estimate of drug-likeness (QED) is 0.612. The van der Waals surface area contributed by atoms with Crippen LogP contribution in [-0.4, -0.2) is 24.8 Å². The molecule has 8 heteroatoms. The van der Waals surface area contributed by atoms with Gasteiger partial charge >= 0.3 is 0 Å². The first kappa shape index (κ1) is 15.5. The Morgan fingerprint density at radius 1 is 1.32 bits per heavy atom. The monoisotopic (exact) mass is 353 g/mol. The molecule has 4 aromatic rings. The average molecular weight is 353 g/mol. The van der Waals surface area contributed by atoms with Crippen LogP contribution in [0.2, 0.25) is 0 Å². The number of anilines is 1. The fraction of sp³-hybridized carbons (Fsp3) is 0.176. The Balaban J connectivity index is 1.75. The molecule has 1 amide bonds. The number of carbonyl (C=O) groups excluding carboxylic acids is 1. The van der Waals surface area contributed by atoms with Crippen molar-refractivity contribution >= 4 is 39.2 Å². The predicted octanol–water partition coefficient (Wildman–Crippen LogP) is 2.77. The standard InChI is InChI=1S/C17H15N5O2S/c1-2-7-21-13-6-4-3-5-12(13)19-16(21)20-14(23)11-10-18-17-22(15(11)24)8-9-25-17/h3-6,8-10H,2,7H2,1H3,(H,19,20,23). The summed E-state index contributed by atoms with van der Waals surface area (Å²) < 4.78 is 3.32. The summed E-state index contributed by atoms with van der Waals surface area (Å²) in [6.07, 6.45) is 3.82. The smallest absolute Gasteiger partial charge is 0.271 e. The topological polar surface area (TPSA) is 81.3 Å².